The molecule has 2 fully saturated rings. The summed E-state index contributed by atoms with van der Waals surface area (Å²) in [5.41, 5.74) is 0.786. The van der Waals surface area contributed by atoms with Crippen LogP contribution in [0.25, 0.3) is 6.08 Å². The molecule has 136 valence electrons. The second kappa shape index (κ2) is 7.71. The van der Waals surface area contributed by atoms with Crippen molar-refractivity contribution in [1.82, 2.24) is 10.2 Å². The number of ether oxygens (including phenoxy) is 1. The fraction of sp³-hybridized carbons (Fsp3) is 0.450. The maximum absolute atomic E-state index is 12.3. The molecule has 2 bridgehead atoms. The highest BCUT2D eigenvalue weighted by molar-refractivity contribution is 5.92. The molecule has 6 nitrogen and oxygen atoms in total. The Hall–Kier alpha value is -2.65. The van der Waals surface area contributed by atoms with Gasteiger partial charge in [0.15, 0.2) is 0 Å². The van der Waals surface area contributed by atoms with Crippen LogP contribution in [-0.2, 0) is 9.59 Å². The van der Waals surface area contributed by atoms with Gasteiger partial charge in [-0.15, -0.1) is 0 Å². The number of piperidine rings is 1. The van der Waals surface area contributed by atoms with Crippen molar-refractivity contribution in [3.8, 4) is 11.8 Å². The standard InChI is InChI=1S/C20H23N3O3/c1-13(24)26-19-5-3-4-14(18(19)12-21)6-9-20(25)22-15-10-16-7-8-17(11-15)23(16)2/h3-6,9,15-17H,7-8,10-11H2,1-2H3,(H,22,25)/b9-6+. The fourth-order valence-corrected chi connectivity index (χ4v) is 3.99. The van der Waals surface area contributed by atoms with Crippen LogP contribution in [0.5, 0.6) is 5.75 Å². The molecule has 3 rings (SSSR count). The topological polar surface area (TPSA) is 82.4 Å². The lowest BCUT2D eigenvalue weighted by molar-refractivity contribution is -0.131. The lowest BCUT2D eigenvalue weighted by atomic mass is 9.98. The summed E-state index contributed by atoms with van der Waals surface area (Å²) in [6, 6.07) is 8.32. The smallest absolute Gasteiger partial charge is 0.308 e. The lowest BCUT2D eigenvalue weighted by Crippen LogP contribution is -2.48. The molecule has 0 aliphatic carbocycles. The van der Waals surface area contributed by atoms with E-state index < -0.39 is 5.97 Å². The average molecular weight is 353 g/mol. The second-order valence-electron chi connectivity index (χ2n) is 6.99. The minimum atomic E-state index is -0.489. The first kappa shape index (κ1) is 18.2. The molecule has 0 saturated carbocycles. The first-order chi connectivity index (χ1) is 12.5. The Labute approximate surface area is 153 Å². The lowest BCUT2D eigenvalue weighted by Gasteiger charge is -2.36. The van der Waals surface area contributed by atoms with Crippen molar-refractivity contribution in [2.75, 3.05) is 7.05 Å². The predicted molar refractivity (Wildman–Crippen MR) is 97.2 cm³/mol. The molecule has 2 aliphatic heterocycles. The van der Waals surface area contributed by atoms with E-state index in [0.29, 0.717) is 17.6 Å². The number of fused-ring (bicyclic) bond motifs is 2. The van der Waals surface area contributed by atoms with E-state index in [1.54, 1.807) is 24.3 Å². The number of rotatable bonds is 4. The molecule has 1 amide bonds. The van der Waals surface area contributed by atoms with E-state index in [2.05, 4.69) is 17.3 Å². The molecule has 1 aromatic carbocycles. The normalized spacial score (nSPS) is 25.0. The van der Waals surface area contributed by atoms with Crippen LogP contribution in [0.15, 0.2) is 24.3 Å². The van der Waals surface area contributed by atoms with Crippen molar-refractivity contribution < 1.29 is 14.3 Å². The summed E-state index contributed by atoms with van der Waals surface area (Å²) in [4.78, 5) is 25.9. The molecule has 2 unspecified atom stereocenters. The SMILES string of the molecule is CC(=O)Oc1cccc(/C=C/C(=O)NC2CC3CCC(C2)N3C)c1C#N. The molecule has 2 aliphatic rings. The van der Waals surface area contributed by atoms with Gasteiger partial charge in [0, 0.05) is 31.1 Å². The molecule has 1 aromatic rings. The van der Waals surface area contributed by atoms with Gasteiger partial charge in [-0.05, 0) is 50.4 Å². The number of carbonyl (C=O) groups excluding carboxylic acids is 2. The van der Waals surface area contributed by atoms with Gasteiger partial charge in [-0.25, -0.2) is 0 Å². The van der Waals surface area contributed by atoms with Crippen LogP contribution in [0.3, 0.4) is 0 Å². The summed E-state index contributed by atoms with van der Waals surface area (Å²) in [6.45, 7) is 1.28. The number of nitriles is 1. The summed E-state index contributed by atoms with van der Waals surface area (Å²) in [7, 11) is 2.17. The minimum Gasteiger partial charge on any atom is -0.425 e. The average Bonchev–Trinajstić information content (AvgIpc) is 2.81. The van der Waals surface area contributed by atoms with E-state index in [1.165, 1.54) is 25.8 Å². The number of nitrogens with one attached hydrogen (secondary N) is 1. The Morgan fingerprint density at radius 1 is 1.31 bits per heavy atom. The highest BCUT2D eigenvalue weighted by atomic mass is 16.5. The van der Waals surface area contributed by atoms with Gasteiger partial charge in [0.25, 0.3) is 0 Å². The Balaban J connectivity index is 1.65. The maximum atomic E-state index is 12.3. The van der Waals surface area contributed by atoms with E-state index in [9.17, 15) is 14.9 Å². The van der Waals surface area contributed by atoms with Crippen LogP contribution in [0.4, 0.5) is 0 Å². The number of hydrogen-bond acceptors (Lipinski definition) is 5. The molecule has 0 aromatic heterocycles. The zero-order chi connectivity index (χ0) is 18.7. The zero-order valence-electron chi connectivity index (χ0n) is 15.1. The second-order valence-corrected chi connectivity index (χ2v) is 6.99. The Kier molecular flexibility index (Phi) is 5.38. The van der Waals surface area contributed by atoms with Crippen molar-refractivity contribution >= 4 is 18.0 Å². The van der Waals surface area contributed by atoms with Crippen molar-refractivity contribution in [1.29, 1.82) is 5.26 Å². The number of carbonyl (C=O) groups is 2. The number of hydrogen-bond donors (Lipinski definition) is 1. The molecule has 2 saturated heterocycles. The largest absolute Gasteiger partial charge is 0.425 e. The number of benzene rings is 1. The van der Waals surface area contributed by atoms with Crippen LogP contribution >= 0.6 is 0 Å². The zero-order valence-corrected chi connectivity index (χ0v) is 15.1. The number of amides is 1. The Morgan fingerprint density at radius 3 is 2.62 bits per heavy atom. The van der Waals surface area contributed by atoms with Gasteiger partial charge in [-0.3, -0.25) is 9.59 Å². The summed E-state index contributed by atoms with van der Waals surface area (Å²) >= 11 is 0. The van der Waals surface area contributed by atoms with Crippen LogP contribution in [0.1, 0.15) is 43.7 Å². The third kappa shape index (κ3) is 3.94. The van der Waals surface area contributed by atoms with Crippen LogP contribution in [-0.4, -0.2) is 41.9 Å². The highest BCUT2D eigenvalue weighted by Gasteiger charge is 2.38. The molecule has 6 heteroatoms. The van der Waals surface area contributed by atoms with E-state index in [4.69, 9.17) is 4.74 Å². The van der Waals surface area contributed by atoms with Gasteiger partial charge in [0.05, 0.1) is 0 Å². The predicted octanol–water partition coefficient (Wildman–Crippen LogP) is 2.24. The van der Waals surface area contributed by atoms with Gasteiger partial charge in [0.2, 0.25) is 5.91 Å². The third-order valence-electron chi connectivity index (χ3n) is 5.28. The highest BCUT2D eigenvalue weighted by Crippen LogP contribution is 2.34. The van der Waals surface area contributed by atoms with Gasteiger partial charge in [-0.1, -0.05) is 12.1 Å². The molecule has 0 radical (unpaired) electrons. The van der Waals surface area contributed by atoms with Crippen LogP contribution in [0.2, 0.25) is 0 Å². The summed E-state index contributed by atoms with van der Waals surface area (Å²) < 4.78 is 5.05. The first-order valence-corrected chi connectivity index (χ1v) is 8.90. The molecule has 2 heterocycles. The van der Waals surface area contributed by atoms with E-state index >= 15 is 0 Å². The van der Waals surface area contributed by atoms with Crippen LogP contribution in [0, 0.1) is 11.3 Å². The molecule has 0 spiro atoms. The summed E-state index contributed by atoms with van der Waals surface area (Å²) in [6.07, 6.45) is 7.41. The molecule has 1 N–H and O–H groups in total. The van der Waals surface area contributed by atoms with Crippen molar-refractivity contribution in [2.45, 2.75) is 50.7 Å². The number of esters is 1. The van der Waals surface area contributed by atoms with Crippen molar-refractivity contribution in [3.63, 3.8) is 0 Å². The Bertz CT molecular complexity index is 767. The van der Waals surface area contributed by atoms with E-state index in [1.807, 2.05) is 6.07 Å². The molecule has 2 atom stereocenters. The summed E-state index contributed by atoms with van der Waals surface area (Å²) in [5.74, 6) is -0.451. The van der Waals surface area contributed by atoms with E-state index in [-0.39, 0.29) is 23.3 Å². The monoisotopic (exact) mass is 353 g/mol. The summed E-state index contributed by atoms with van der Waals surface area (Å²) in [5, 5.41) is 12.4. The molecule has 26 heavy (non-hydrogen) atoms. The first-order valence-electron chi connectivity index (χ1n) is 8.90. The maximum Gasteiger partial charge on any atom is 0.308 e. The quantitative estimate of drug-likeness (QED) is 0.510. The Morgan fingerprint density at radius 2 is 2.00 bits per heavy atom. The van der Waals surface area contributed by atoms with Gasteiger partial charge >= 0.3 is 5.97 Å². The van der Waals surface area contributed by atoms with Gasteiger partial charge < -0.3 is 15.0 Å². The van der Waals surface area contributed by atoms with Crippen LogP contribution < -0.4 is 10.1 Å². The molecular weight excluding hydrogens is 330 g/mol. The third-order valence-corrected chi connectivity index (χ3v) is 5.28. The van der Waals surface area contributed by atoms with Crippen molar-refractivity contribution in [2.24, 2.45) is 0 Å². The molecular formula is C20H23N3O3. The minimum absolute atomic E-state index is 0.166. The van der Waals surface area contributed by atoms with Gasteiger partial charge in [-0.2, -0.15) is 5.26 Å². The van der Waals surface area contributed by atoms with Crippen molar-refractivity contribution in [3.05, 3.63) is 35.4 Å². The fourth-order valence-electron chi connectivity index (χ4n) is 3.99. The van der Waals surface area contributed by atoms with Gasteiger partial charge in [0.1, 0.15) is 17.4 Å². The van der Waals surface area contributed by atoms with E-state index in [0.717, 1.165) is 12.8 Å². The number of nitrogens with zero attached hydrogens (tertiary/aromatic N) is 2.